The molecular formula is C38H51N2O8P. The van der Waals surface area contributed by atoms with Gasteiger partial charge >= 0.3 is 13.6 Å². The SMILES string of the molecule is C=CC1CC1(CC(=O)[C@@H]1C[C@@H]2CN1C(=O)[C@H](C1CCCCC1)CC(=O)OC[C@@H](C)CCCc1ccc3ccnc(c3c1)O2)P(=O)(O)OCC. The molecule has 2 aliphatic carbocycles. The lowest BCUT2D eigenvalue weighted by atomic mass is 9.77. The number of benzene rings is 1. The second kappa shape index (κ2) is 15.0. The van der Waals surface area contributed by atoms with E-state index in [1.165, 1.54) is 0 Å². The third-order valence-electron chi connectivity index (χ3n) is 11.3. The van der Waals surface area contributed by atoms with Gasteiger partial charge in [-0.05, 0) is 86.3 Å². The summed E-state index contributed by atoms with van der Waals surface area (Å²) in [5, 5.41) is 0.596. The Morgan fingerprint density at radius 1 is 1.18 bits per heavy atom. The average molecular weight is 695 g/mol. The van der Waals surface area contributed by atoms with Gasteiger partial charge in [-0.25, -0.2) is 4.98 Å². The Labute approximate surface area is 289 Å². The summed E-state index contributed by atoms with van der Waals surface area (Å²) in [4.78, 5) is 59.5. The fourth-order valence-electron chi connectivity index (χ4n) is 8.42. The number of cyclic esters (lactones) is 1. The van der Waals surface area contributed by atoms with Crippen molar-refractivity contribution in [3.63, 3.8) is 0 Å². The number of nitrogens with zero attached hydrogens (tertiary/aromatic N) is 2. The molecule has 1 saturated heterocycles. The number of ether oxygens (including phenoxy) is 2. The van der Waals surface area contributed by atoms with E-state index < -0.39 is 30.8 Å². The zero-order chi connectivity index (χ0) is 34.8. The molecule has 1 aromatic carbocycles. The quantitative estimate of drug-likeness (QED) is 0.180. The van der Waals surface area contributed by atoms with Crippen LogP contribution in [0.3, 0.4) is 0 Å². The van der Waals surface area contributed by atoms with Crippen LogP contribution in [0.15, 0.2) is 43.1 Å². The Balaban J connectivity index is 1.36. The first-order chi connectivity index (χ1) is 23.5. The predicted molar refractivity (Wildman–Crippen MR) is 186 cm³/mol. The monoisotopic (exact) mass is 694 g/mol. The molecule has 3 heterocycles. The number of allylic oxidation sites excluding steroid dienone is 1. The molecule has 0 spiro atoms. The predicted octanol–water partition coefficient (Wildman–Crippen LogP) is 6.81. The molecule has 2 aliphatic heterocycles. The maximum Gasteiger partial charge on any atom is 0.335 e. The highest BCUT2D eigenvalue weighted by Crippen LogP contribution is 2.73. The van der Waals surface area contributed by atoms with Crippen molar-refractivity contribution in [3.8, 4) is 5.88 Å². The molecule has 3 fully saturated rings. The number of carbonyl (C=O) groups is 3. The van der Waals surface area contributed by atoms with E-state index in [0.717, 1.165) is 67.7 Å². The molecule has 49 heavy (non-hydrogen) atoms. The number of Topliss-reactive ketones (excluding diaryl/α,β-unsaturated/α-hetero) is 1. The number of carbonyl (C=O) groups excluding carboxylic acids is 3. The molecular weight excluding hydrogens is 643 g/mol. The smallest absolute Gasteiger partial charge is 0.335 e. The zero-order valence-electron chi connectivity index (χ0n) is 28.9. The number of pyridine rings is 1. The van der Waals surface area contributed by atoms with Crippen LogP contribution < -0.4 is 4.74 Å². The molecule has 11 heteroatoms. The fraction of sp³-hybridized carbons (Fsp3) is 0.632. The van der Waals surface area contributed by atoms with E-state index in [4.69, 9.17) is 14.0 Å². The Hall–Kier alpha value is -3.07. The van der Waals surface area contributed by atoms with E-state index in [9.17, 15) is 23.8 Å². The molecule has 3 unspecified atom stereocenters. The summed E-state index contributed by atoms with van der Waals surface area (Å²) in [6.45, 7) is 8.03. The summed E-state index contributed by atoms with van der Waals surface area (Å²) in [6, 6.07) is 7.32. The summed E-state index contributed by atoms with van der Waals surface area (Å²) in [5.74, 6) is -1.30. The number of aryl methyl sites for hydroxylation is 1. The maximum atomic E-state index is 14.7. The topological polar surface area (TPSA) is 132 Å². The van der Waals surface area contributed by atoms with Crippen molar-refractivity contribution in [1.29, 1.82) is 0 Å². The zero-order valence-corrected chi connectivity index (χ0v) is 29.8. The van der Waals surface area contributed by atoms with E-state index >= 15 is 0 Å². The maximum absolute atomic E-state index is 14.7. The highest BCUT2D eigenvalue weighted by atomic mass is 31.2. The highest BCUT2D eigenvalue weighted by Gasteiger charge is 2.66. The molecule has 2 saturated carbocycles. The number of fused-ring (bicyclic) bond motifs is 3. The number of aromatic nitrogens is 1. The molecule has 7 atom stereocenters. The first-order valence-corrected chi connectivity index (χ1v) is 19.8. The fourth-order valence-corrected chi connectivity index (χ4v) is 10.3. The lowest BCUT2D eigenvalue weighted by Crippen LogP contribution is -2.47. The van der Waals surface area contributed by atoms with Gasteiger partial charge in [0.25, 0.3) is 0 Å². The van der Waals surface area contributed by atoms with Gasteiger partial charge in [-0.2, -0.15) is 0 Å². The van der Waals surface area contributed by atoms with E-state index in [0.29, 0.717) is 18.9 Å². The minimum absolute atomic E-state index is 0.00114. The summed E-state index contributed by atoms with van der Waals surface area (Å²) < 4.78 is 31.1. The normalized spacial score (nSPS) is 31.3. The van der Waals surface area contributed by atoms with E-state index in [1.54, 1.807) is 24.1 Å². The van der Waals surface area contributed by atoms with Gasteiger partial charge in [-0.1, -0.05) is 44.4 Å². The third kappa shape index (κ3) is 7.67. The van der Waals surface area contributed by atoms with Crippen LogP contribution in [0.5, 0.6) is 5.88 Å². The largest absolute Gasteiger partial charge is 0.472 e. The summed E-state index contributed by atoms with van der Waals surface area (Å²) in [6.07, 6.45) is 10.5. The van der Waals surface area contributed by atoms with Gasteiger partial charge in [0.2, 0.25) is 11.8 Å². The van der Waals surface area contributed by atoms with Crippen LogP contribution in [-0.2, 0) is 34.6 Å². The van der Waals surface area contributed by atoms with Crippen molar-refractivity contribution in [1.82, 2.24) is 9.88 Å². The summed E-state index contributed by atoms with van der Waals surface area (Å²) >= 11 is 0. The van der Waals surface area contributed by atoms with Crippen molar-refractivity contribution in [3.05, 3.63) is 48.7 Å². The molecule has 1 N–H and O–H groups in total. The number of amides is 1. The van der Waals surface area contributed by atoms with Crippen LogP contribution in [0, 0.1) is 23.7 Å². The van der Waals surface area contributed by atoms with Gasteiger partial charge in [0.1, 0.15) is 6.10 Å². The van der Waals surface area contributed by atoms with Crippen LogP contribution in [0.25, 0.3) is 10.8 Å². The molecule has 0 radical (unpaired) electrons. The minimum atomic E-state index is -4.17. The van der Waals surface area contributed by atoms with Gasteiger partial charge in [-0.15, -0.1) is 6.58 Å². The number of esters is 1. The third-order valence-corrected chi connectivity index (χ3v) is 13.7. The molecule has 6 rings (SSSR count). The Kier molecular flexibility index (Phi) is 11.0. The van der Waals surface area contributed by atoms with Crippen molar-refractivity contribution in [2.24, 2.45) is 23.7 Å². The summed E-state index contributed by atoms with van der Waals surface area (Å²) in [7, 11) is -4.17. The standard InChI is InChI=1S/C38H51N2O8P/c1-4-29-21-38(29,49(44,45)47-5-2)22-34(41)33-19-30-23-40(33)37(43)32(27-12-7-6-8-13-27)20-35(42)46-24-25(3)10-9-11-26-14-15-28-16-17-39-36(48-30)31(28)18-26/h4,14-18,25,27,29-30,32-33H,1,5-13,19-24H2,2-3H3,(H,44,45)/t25-,29?,30+,32-,33-,38?/m0/s1. The molecule has 1 amide bonds. The molecule has 266 valence electrons. The molecule has 1 aromatic heterocycles. The molecule has 4 aliphatic rings. The second-order valence-electron chi connectivity index (χ2n) is 14.8. The van der Waals surface area contributed by atoms with E-state index in [2.05, 4.69) is 36.7 Å². The number of hydrogen-bond donors (Lipinski definition) is 1. The van der Waals surface area contributed by atoms with Gasteiger partial charge in [0, 0.05) is 24.4 Å². The molecule has 4 bridgehead atoms. The minimum Gasteiger partial charge on any atom is -0.472 e. The Morgan fingerprint density at radius 3 is 2.71 bits per heavy atom. The first-order valence-electron chi connectivity index (χ1n) is 18.2. The number of rotatable bonds is 8. The second-order valence-corrected chi connectivity index (χ2v) is 17.0. The molecule has 10 nitrogen and oxygen atoms in total. The Morgan fingerprint density at radius 2 is 1.98 bits per heavy atom. The number of ketones is 1. The van der Waals surface area contributed by atoms with Crippen LogP contribution in [-0.4, -0.2) is 69.5 Å². The van der Waals surface area contributed by atoms with E-state index in [1.807, 2.05) is 6.07 Å². The highest BCUT2D eigenvalue weighted by molar-refractivity contribution is 7.55. The number of hydrogen-bond acceptors (Lipinski definition) is 8. The van der Waals surface area contributed by atoms with E-state index in [-0.39, 0.29) is 67.8 Å². The van der Waals surface area contributed by atoms with Crippen molar-refractivity contribution >= 4 is 36.0 Å². The van der Waals surface area contributed by atoms with Crippen LogP contribution >= 0.6 is 7.60 Å². The lowest BCUT2D eigenvalue weighted by Gasteiger charge is -2.34. The first kappa shape index (κ1) is 35.7. The van der Waals surface area contributed by atoms with Gasteiger partial charge in [0.15, 0.2) is 5.78 Å². The van der Waals surface area contributed by atoms with Crippen molar-refractivity contribution in [2.45, 2.75) is 108 Å². The van der Waals surface area contributed by atoms with Crippen molar-refractivity contribution < 1.29 is 37.8 Å². The van der Waals surface area contributed by atoms with Gasteiger partial charge in [0.05, 0.1) is 43.3 Å². The summed E-state index contributed by atoms with van der Waals surface area (Å²) in [5.41, 5.74) is 1.15. The van der Waals surface area contributed by atoms with Gasteiger partial charge in [-0.3, -0.25) is 18.9 Å². The van der Waals surface area contributed by atoms with Gasteiger partial charge < -0.3 is 23.8 Å². The van der Waals surface area contributed by atoms with Crippen LogP contribution in [0.1, 0.15) is 90.0 Å². The van der Waals surface area contributed by atoms with Crippen molar-refractivity contribution in [2.75, 3.05) is 19.8 Å². The molecule has 2 aromatic rings. The van der Waals surface area contributed by atoms with Crippen LogP contribution in [0.4, 0.5) is 0 Å². The lowest BCUT2D eigenvalue weighted by molar-refractivity contribution is -0.152. The van der Waals surface area contributed by atoms with Crippen LogP contribution in [0.2, 0.25) is 0 Å². The average Bonchev–Trinajstić information content (AvgIpc) is 3.66. The Bertz CT molecular complexity index is 1610.